The highest BCUT2D eigenvalue weighted by molar-refractivity contribution is 5.91. The zero-order chi connectivity index (χ0) is 20.8. The van der Waals surface area contributed by atoms with Gasteiger partial charge in [0.2, 0.25) is 11.8 Å². The number of benzene rings is 2. The van der Waals surface area contributed by atoms with Crippen LogP contribution >= 0.6 is 0 Å². The summed E-state index contributed by atoms with van der Waals surface area (Å²) in [5.41, 5.74) is 1.53. The van der Waals surface area contributed by atoms with Crippen LogP contribution in [0.4, 0.5) is 0 Å². The summed E-state index contributed by atoms with van der Waals surface area (Å²) in [7, 11) is 1.59. The van der Waals surface area contributed by atoms with Gasteiger partial charge in [-0.1, -0.05) is 30.3 Å². The average Bonchev–Trinajstić information content (AvgIpc) is 2.74. The lowest BCUT2D eigenvalue weighted by Gasteiger charge is -2.35. The highest BCUT2D eigenvalue weighted by atomic mass is 16.5. The predicted molar refractivity (Wildman–Crippen MR) is 107 cm³/mol. The van der Waals surface area contributed by atoms with Crippen LogP contribution in [0.2, 0.25) is 0 Å². The van der Waals surface area contributed by atoms with Gasteiger partial charge in [-0.05, 0) is 29.3 Å². The number of carboxylic acid groups (broad SMARTS) is 1. The van der Waals surface area contributed by atoms with Crippen molar-refractivity contribution in [2.75, 3.05) is 33.3 Å². The molecule has 0 spiro atoms. The fourth-order valence-electron chi connectivity index (χ4n) is 3.43. The van der Waals surface area contributed by atoms with Crippen LogP contribution in [0.5, 0.6) is 5.75 Å². The van der Waals surface area contributed by atoms with Crippen LogP contribution in [0.3, 0.4) is 0 Å². The van der Waals surface area contributed by atoms with Gasteiger partial charge in [0.15, 0.2) is 0 Å². The normalized spacial score (nSPS) is 13.8. The Bertz CT molecular complexity index is 904. The Morgan fingerprint density at radius 3 is 2.14 bits per heavy atom. The van der Waals surface area contributed by atoms with Crippen molar-refractivity contribution in [3.05, 3.63) is 65.2 Å². The van der Waals surface area contributed by atoms with Crippen molar-refractivity contribution in [3.8, 4) is 5.75 Å². The number of ether oxygens (including phenoxy) is 1. The van der Waals surface area contributed by atoms with Crippen LogP contribution in [0, 0.1) is 0 Å². The van der Waals surface area contributed by atoms with E-state index in [1.807, 2.05) is 24.3 Å². The molecule has 0 bridgehead atoms. The standard InChI is InChI=1S/C22H24N2O5/c1-29-18-7-4-5-16(13-18)14-20(25)23-9-11-24(12-10-23)21(26)15-17-6-2-3-8-19(17)22(27)28/h2-8,13H,9-12,14-15H2,1H3,(H,27,28). The summed E-state index contributed by atoms with van der Waals surface area (Å²) in [6.07, 6.45) is 0.331. The molecular weight excluding hydrogens is 372 g/mol. The van der Waals surface area contributed by atoms with Crippen LogP contribution < -0.4 is 4.74 Å². The number of carboxylic acids is 1. The first-order valence-corrected chi connectivity index (χ1v) is 9.47. The average molecular weight is 396 g/mol. The number of aromatic carboxylic acids is 1. The van der Waals surface area contributed by atoms with Crippen molar-refractivity contribution < 1.29 is 24.2 Å². The first kappa shape index (κ1) is 20.4. The van der Waals surface area contributed by atoms with Gasteiger partial charge < -0.3 is 19.6 Å². The third kappa shape index (κ3) is 5.13. The summed E-state index contributed by atoms with van der Waals surface area (Å²) in [5, 5.41) is 9.26. The van der Waals surface area contributed by atoms with Gasteiger partial charge >= 0.3 is 5.97 Å². The second-order valence-corrected chi connectivity index (χ2v) is 6.93. The van der Waals surface area contributed by atoms with Gasteiger partial charge in [-0.2, -0.15) is 0 Å². The van der Waals surface area contributed by atoms with E-state index in [4.69, 9.17) is 4.74 Å². The Labute approximate surface area is 169 Å². The van der Waals surface area contributed by atoms with Crippen molar-refractivity contribution in [2.24, 2.45) is 0 Å². The molecule has 3 rings (SSSR count). The molecule has 0 saturated carbocycles. The Balaban J connectivity index is 1.54. The molecule has 152 valence electrons. The van der Waals surface area contributed by atoms with E-state index in [1.165, 1.54) is 6.07 Å². The molecule has 0 atom stereocenters. The Morgan fingerprint density at radius 2 is 1.52 bits per heavy atom. The number of carbonyl (C=O) groups excluding carboxylic acids is 2. The number of nitrogens with zero attached hydrogens (tertiary/aromatic N) is 2. The van der Waals surface area contributed by atoms with E-state index in [1.54, 1.807) is 35.1 Å². The van der Waals surface area contributed by atoms with E-state index in [-0.39, 0.29) is 30.2 Å². The Hall–Kier alpha value is -3.35. The molecule has 7 heteroatoms. The number of amides is 2. The van der Waals surface area contributed by atoms with Gasteiger partial charge in [0.05, 0.1) is 25.5 Å². The van der Waals surface area contributed by atoms with Gasteiger partial charge in [0.25, 0.3) is 0 Å². The lowest BCUT2D eigenvalue weighted by molar-refractivity contribution is -0.138. The summed E-state index contributed by atoms with van der Waals surface area (Å²) >= 11 is 0. The van der Waals surface area contributed by atoms with E-state index < -0.39 is 5.97 Å². The molecule has 0 aromatic heterocycles. The molecule has 1 fully saturated rings. The van der Waals surface area contributed by atoms with E-state index in [0.29, 0.717) is 37.5 Å². The molecule has 2 amide bonds. The highest BCUT2D eigenvalue weighted by Crippen LogP contribution is 2.15. The van der Waals surface area contributed by atoms with Crippen molar-refractivity contribution >= 4 is 17.8 Å². The Kier molecular flexibility index (Phi) is 6.49. The smallest absolute Gasteiger partial charge is 0.335 e. The molecule has 2 aromatic carbocycles. The van der Waals surface area contributed by atoms with Crippen molar-refractivity contribution in [2.45, 2.75) is 12.8 Å². The Morgan fingerprint density at radius 1 is 0.897 bits per heavy atom. The van der Waals surface area contributed by atoms with Crippen molar-refractivity contribution in [1.29, 1.82) is 0 Å². The SMILES string of the molecule is COc1cccc(CC(=O)N2CCN(C(=O)Cc3ccccc3C(=O)O)CC2)c1. The minimum absolute atomic E-state index is 0.0153. The monoisotopic (exact) mass is 396 g/mol. The van der Waals surface area contributed by atoms with E-state index >= 15 is 0 Å². The maximum absolute atomic E-state index is 12.6. The fourth-order valence-corrected chi connectivity index (χ4v) is 3.43. The number of piperazine rings is 1. The molecular formula is C22H24N2O5. The molecule has 1 heterocycles. The van der Waals surface area contributed by atoms with Crippen molar-refractivity contribution in [3.63, 3.8) is 0 Å². The molecule has 29 heavy (non-hydrogen) atoms. The third-order valence-corrected chi connectivity index (χ3v) is 5.06. The first-order valence-electron chi connectivity index (χ1n) is 9.47. The van der Waals surface area contributed by atoms with E-state index in [9.17, 15) is 19.5 Å². The fraction of sp³-hybridized carbons (Fsp3) is 0.318. The quantitative estimate of drug-likeness (QED) is 0.805. The highest BCUT2D eigenvalue weighted by Gasteiger charge is 2.25. The predicted octanol–water partition coefficient (Wildman–Crippen LogP) is 1.85. The van der Waals surface area contributed by atoms with Gasteiger partial charge in [-0.3, -0.25) is 9.59 Å². The molecule has 1 aliphatic rings. The number of hydrogen-bond donors (Lipinski definition) is 1. The molecule has 2 aromatic rings. The van der Waals surface area contributed by atoms with Crippen LogP contribution in [-0.2, 0) is 22.4 Å². The summed E-state index contributed by atoms with van der Waals surface area (Å²) in [5.74, 6) is -0.436. The molecule has 0 unspecified atom stereocenters. The third-order valence-electron chi connectivity index (χ3n) is 5.06. The second-order valence-electron chi connectivity index (χ2n) is 6.93. The molecule has 1 saturated heterocycles. The molecule has 0 aliphatic carbocycles. The lowest BCUT2D eigenvalue weighted by Crippen LogP contribution is -2.51. The minimum Gasteiger partial charge on any atom is -0.497 e. The van der Waals surface area contributed by atoms with Crippen LogP contribution in [-0.4, -0.2) is 66.0 Å². The number of rotatable bonds is 6. The maximum Gasteiger partial charge on any atom is 0.335 e. The van der Waals surface area contributed by atoms with Gasteiger partial charge in [0.1, 0.15) is 5.75 Å². The zero-order valence-electron chi connectivity index (χ0n) is 16.3. The number of hydrogen-bond acceptors (Lipinski definition) is 4. The molecule has 1 aliphatic heterocycles. The van der Waals surface area contributed by atoms with Gasteiger partial charge in [-0.25, -0.2) is 4.79 Å². The summed E-state index contributed by atoms with van der Waals surface area (Å²) in [4.78, 5) is 39.9. The second kappa shape index (κ2) is 9.23. The minimum atomic E-state index is -1.04. The van der Waals surface area contributed by atoms with Crippen LogP contribution in [0.15, 0.2) is 48.5 Å². The zero-order valence-corrected chi connectivity index (χ0v) is 16.3. The van der Waals surface area contributed by atoms with E-state index in [2.05, 4.69) is 0 Å². The molecule has 0 radical (unpaired) electrons. The van der Waals surface area contributed by atoms with Crippen LogP contribution in [0.25, 0.3) is 0 Å². The first-order chi connectivity index (χ1) is 14.0. The number of methoxy groups -OCH3 is 1. The molecule has 7 nitrogen and oxygen atoms in total. The van der Waals surface area contributed by atoms with Gasteiger partial charge in [-0.15, -0.1) is 0 Å². The molecule has 1 N–H and O–H groups in total. The number of carbonyl (C=O) groups is 3. The van der Waals surface area contributed by atoms with Crippen LogP contribution in [0.1, 0.15) is 21.5 Å². The lowest BCUT2D eigenvalue weighted by atomic mass is 10.0. The summed E-state index contributed by atoms with van der Waals surface area (Å²) < 4.78 is 5.19. The summed E-state index contributed by atoms with van der Waals surface area (Å²) in [6, 6.07) is 14.0. The van der Waals surface area contributed by atoms with Gasteiger partial charge in [0, 0.05) is 26.2 Å². The summed E-state index contributed by atoms with van der Waals surface area (Å²) in [6.45, 7) is 1.82. The van der Waals surface area contributed by atoms with Crippen molar-refractivity contribution in [1.82, 2.24) is 9.80 Å². The largest absolute Gasteiger partial charge is 0.497 e. The maximum atomic E-state index is 12.6. The topological polar surface area (TPSA) is 87.2 Å². The van der Waals surface area contributed by atoms with E-state index in [0.717, 1.165) is 5.56 Å².